The van der Waals surface area contributed by atoms with Gasteiger partial charge in [0.25, 0.3) is 0 Å². The van der Waals surface area contributed by atoms with E-state index in [-0.39, 0.29) is 17.4 Å². The fraction of sp³-hybridized carbons (Fsp3) is 0.556. The Bertz CT molecular complexity index is 481. The second kappa shape index (κ2) is 6.88. The average molecular weight is 286 g/mol. The monoisotopic (exact) mass is 286 g/mol. The molecular weight excluding hydrogens is 260 g/mol. The van der Waals surface area contributed by atoms with E-state index in [0.29, 0.717) is 6.42 Å². The smallest absolute Gasteiger partial charge is 0.223 e. The molecular formula is C18H26N2O. The summed E-state index contributed by atoms with van der Waals surface area (Å²) in [5.74, 6) is 0.250. The van der Waals surface area contributed by atoms with Gasteiger partial charge in [-0.25, -0.2) is 0 Å². The van der Waals surface area contributed by atoms with Crippen LogP contribution in [0.2, 0.25) is 0 Å². The van der Waals surface area contributed by atoms with E-state index in [4.69, 9.17) is 0 Å². The van der Waals surface area contributed by atoms with Crippen molar-refractivity contribution in [2.45, 2.75) is 52.0 Å². The van der Waals surface area contributed by atoms with Crippen LogP contribution in [0.3, 0.4) is 0 Å². The number of carbonyl (C=O) groups is 1. The molecule has 0 aliphatic carbocycles. The minimum Gasteiger partial charge on any atom is -0.339 e. The molecule has 0 spiro atoms. The van der Waals surface area contributed by atoms with Gasteiger partial charge in [-0.15, -0.1) is 6.58 Å². The van der Waals surface area contributed by atoms with Crippen LogP contribution in [0.1, 0.15) is 45.2 Å². The number of nitrogens with zero attached hydrogens (tertiary/aromatic N) is 2. The van der Waals surface area contributed by atoms with Gasteiger partial charge in [-0.05, 0) is 43.2 Å². The third kappa shape index (κ3) is 3.93. The van der Waals surface area contributed by atoms with E-state index in [0.717, 1.165) is 31.5 Å². The maximum absolute atomic E-state index is 12.6. The van der Waals surface area contributed by atoms with Crippen molar-refractivity contribution in [1.29, 1.82) is 0 Å². The Morgan fingerprint density at radius 3 is 3.00 bits per heavy atom. The summed E-state index contributed by atoms with van der Waals surface area (Å²) < 4.78 is 0. The van der Waals surface area contributed by atoms with Crippen molar-refractivity contribution in [3.8, 4) is 0 Å². The average Bonchev–Trinajstić information content (AvgIpc) is 2.48. The number of hydrogen-bond donors (Lipinski definition) is 0. The summed E-state index contributed by atoms with van der Waals surface area (Å²) in [6, 6.07) is 6.13. The van der Waals surface area contributed by atoms with Crippen molar-refractivity contribution in [1.82, 2.24) is 9.88 Å². The predicted molar refractivity (Wildman–Crippen MR) is 85.9 cm³/mol. The fourth-order valence-electron chi connectivity index (χ4n) is 3.28. The summed E-state index contributed by atoms with van der Waals surface area (Å²) in [4.78, 5) is 19.0. The highest BCUT2D eigenvalue weighted by atomic mass is 16.2. The second-order valence-electron chi connectivity index (χ2n) is 6.54. The van der Waals surface area contributed by atoms with Crippen molar-refractivity contribution >= 4 is 5.91 Å². The molecule has 2 rings (SSSR count). The summed E-state index contributed by atoms with van der Waals surface area (Å²) in [5, 5.41) is 0. The van der Waals surface area contributed by atoms with Gasteiger partial charge < -0.3 is 4.90 Å². The molecule has 1 saturated heterocycles. The number of piperidine rings is 1. The van der Waals surface area contributed by atoms with E-state index in [1.807, 2.05) is 24.3 Å². The summed E-state index contributed by atoms with van der Waals surface area (Å²) in [6.45, 7) is 9.26. The van der Waals surface area contributed by atoms with Gasteiger partial charge in [0.05, 0.1) is 0 Å². The van der Waals surface area contributed by atoms with E-state index in [9.17, 15) is 4.79 Å². The number of hydrogen-bond acceptors (Lipinski definition) is 2. The molecule has 1 aliphatic rings. The van der Waals surface area contributed by atoms with Crippen LogP contribution < -0.4 is 0 Å². The van der Waals surface area contributed by atoms with Crippen molar-refractivity contribution in [3.05, 3.63) is 42.7 Å². The summed E-state index contributed by atoms with van der Waals surface area (Å²) in [6.07, 6.45) is 8.13. The maximum atomic E-state index is 12.6. The lowest BCUT2D eigenvalue weighted by Gasteiger charge is -2.46. The van der Waals surface area contributed by atoms with Crippen LogP contribution >= 0.6 is 0 Å². The lowest BCUT2D eigenvalue weighted by molar-refractivity contribution is -0.138. The fourth-order valence-corrected chi connectivity index (χ4v) is 3.28. The Morgan fingerprint density at radius 2 is 2.33 bits per heavy atom. The minimum absolute atomic E-state index is 0.174. The first-order valence-corrected chi connectivity index (χ1v) is 7.85. The van der Waals surface area contributed by atoms with Gasteiger partial charge >= 0.3 is 0 Å². The highest BCUT2D eigenvalue weighted by Crippen LogP contribution is 2.37. The first-order valence-electron chi connectivity index (χ1n) is 7.85. The Balaban J connectivity index is 2.00. The molecule has 1 aliphatic heterocycles. The number of aromatic nitrogens is 1. The topological polar surface area (TPSA) is 33.2 Å². The van der Waals surface area contributed by atoms with E-state index < -0.39 is 0 Å². The molecule has 1 atom stereocenters. The van der Waals surface area contributed by atoms with Crippen LogP contribution in [0.25, 0.3) is 0 Å². The lowest BCUT2D eigenvalue weighted by Crippen LogP contribution is -2.52. The van der Waals surface area contributed by atoms with Crippen LogP contribution in [-0.2, 0) is 11.2 Å². The van der Waals surface area contributed by atoms with Gasteiger partial charge in [0.1, 0.15) is 0 Å². The Morgan fingerprint density at radius 1 is 1.52 bits per heavy atom. The number of carbonyl (C=O) groups excluding carboxylic acids is 1. The Labute approximate surface area is 128 Å². The highest BCUT2D eigenvalue weighted by Gasteiger charge is 2.38. The summed E-state index contributed by atoms with van der Waals surface area (Å²) in [7, 11) is 0. The van der Waals surface area contributed by atoms with Crippen molar-refractivity contribution in [2.24, 2.45) is 5.41 Å². The zero-order valence-corrected chi connectivity index (χ0v) is 13.2. The van der Waals surface area contributed by atoms with E-state index in [1.54, 1.807) is 6.20 Å². The van der Waals surface area contributed by atoms with Crippen molar-refractivity contribution in [3.63, 3.8) is 0 Å². The molecule has 0 saturated carbocycles. The number of aryl methyl sites for hydroxylation is 1. The first-order chi connectivity index (χ1) is 10.0. The Kier molecular flexibility index (Phi) is 5.16. The molecule has 0 N–H and O–H groups in total. The van der Waals surface area contributed by atoms with Crippen LogP contribution in [0.15, 0.2) is 37.1 Å². The van der Waals surface area contributed by atoms with Gasteiger partial charge in [-0.1, -0.05) is 26.0 Å². The standard InChI is InChI=1S/C18H26N2O/c1-4-8-16-18(2,3)12-7-14-20(16)17(21)11-10-15-9-5-6-13-19-15/h4-6,9,13,16H,1,7-8,10-12,14H2,2-3H3/t16-/m0/s1. The van der Waals surface area contributed by atoms with Gasteiger partial charge in [-0.3, -0.25) is 9.78 Å². The van der Waals surface area contributed by atoms with Crippen LogP contribution in [0.5, 0.6) is 0 Å². The number of likely N-dealkylation sites (tertiary alicyclic amines) is 1. The normalized spacial score (nSPS) is 21.0. The van der Waals surface area contributed by atoms with E-state index in [1.165, 1.54) is 6.42 Å². The van der Waals surface area contributed by atoms with Crippen LogP contribution in [0.4, 0.5) is 0 Å². The first kappa shape index (κ1) is 15.7. The summed E-state index contributed by atoms with van der Waals surface area (Å²) >= 11 is 0. The SMILES string of the molecule is C=CC[C@@H]1N(C(=O)CCc2ccccn2)CCCC1(C)C. The zero-order valence-electron chi connectivity index (χ0n) is 13.2. The molecule has 2 heterocycles. The highest BCUT2D eigenvalue weighted by molar-refractivity contribution is 5.77. The second-order valence-corrected chi connectivity index (χ2v) is 6.54. The minimum atomic E-state index is 0.174. The molecule has 1 aromatic rings. The number of pyridine rings is 1. The molecule has 0 bridgehead atoms. The van der Waals surface area contributed by atoms with Crippen LogP contribution in [-0.4, -0.2) is 28.4 Å². The van der Waals surface area contributed by atoms with E-state index >= 15 is 0 Å². The van der Waals surface area contributed by atoms with Gasteiger partial charge in [0.2, 0.25) is 5.91 Å². The van der Waals surface area contributed by atoms with Crippen molar-refractivity contribution in [2.75, 3.05) is 6.54 Å². The quantitative estimate of drug-likeness (QED) is 0.775. The molecule has 3 nitrogen and oxygen atoms in total. The molecule has 1 fully saturated rings. The summed E-state index contributed by atoms with van der Waals surface area (Å²) in [5.41, 5.74) is 1.16. The molecule has 114 valence electrons. The predicted octanol–water partition coefficient (Wildman–Crippen LogP) is 3.61. The van der Waals surface area contributed by atoms with Gasteiger partial charge in [-0.2, -0.15) is 0 Å². The third-order valence-corrected chi connectivity index (χ3v) is 4.53. The molecule has 0 unspecified atom stereocenters. The van der Waals surface area contributed by atoms with E-state index in [2.05, 4.69) is 30.3 Å². The molecule has 0 radical (unpaired) electrons. The molecule has 0 aromatic carbocycles. The molecule has 21 heavy (non-hydrogen) atoms. The number of amides is 1. The lowest BCUT2D eigenvalue weighted by atomic mass is 9.75. The molecule has 1 aromatic heterocycles. The van der Waals surface area contributed by atoms with Gasteiger partial charge in [0, 0.05) is 30.9 Å². The van der Waals surface area contributed by atoms with Gasteiger partial charge in [0.15, 0.2) is 0 Å². The molecule has 1 amide bonds. The zero-order chi connectivity index (χ0) is 15.3. The largest absolute Gasteiger partial charge is 0.339 e. The third-order valence-electron chi connectivity index (χ3n) is 4.53. The molecule has 3 heteroatoms. The number of rotatable bonds is 5. The Hall–Kier alpha value is -1.64. The maximum Gasteiger partial charge on any atom is 0.223 e. The van der Waals surface area contributed by atoms with Crippen molar-refractivity contribution < 1.29 is 4.79 Å². The van der Waals surface area contributed by atoms with Crippen LogP contribution in [0, 0.1) is 5.41 Å².